The highest BCUT2D eigenvalue weighted by Gasteiger charge is 2.32. The quantitative estimate of drug-likeness (QED) is 0.502. The average Bonchev–Trinajstić information content (AvgIpc) is 3.04. The van der Waals surface area contributed by atoms with Gasteiger partial charge in [0.15, 0.2) is 5.78 Å². The molecule has 156 valence electrons. The largest absolute Gasteiger partial charge is 0.461 e. The van der Waals surface area contributed by atoms with Crippen LogP contribution in [0.2, 0.25) is 0 Å². The van der Waals surface area contributed by atoms with E-state index in [1.807, 2.05) is 21.0 Å². The molecule has 0 fully saturated rings. The summed E-state index contributed by atoms with van der Waals surface area (Å²) in [5.41, 5.74) is 4.99. The lowest BCUT2D eigenvalue weighted by Gasteiger charge is -2.23. The fraction of sp³-hybridized carbons (Fsp3) is 0.500. The van der Waals surface area contributed by atoms with Crippen LogP contribution < -0.4 is 4.90 Å². The molecule has 1 aromatic heterocycles. The molecule has 0 amide bonds. The second-order valence-corrected chi connectivity index (χ2v) is 8.19. The number of ketones is 1. The van der Waals surface area contributed by atoms with Crippen molar-refractivity contribution in [3.8, 4) is 0 Å². The Morgan fingerprint density at radius 3 is 2.52 bits per heavy atom. The van der Waals surface area contributed by atoms with Crippen molar-refractivity contribution in [3.05, 3.63) is 52.3 Å². The van der Waals surface area contributed by atoms with Crippen molar-refractivity contribution in [3.63, 3.8) is 0 Å². The normalized spacial score (nSPS) is 15.9. The number of anilines is 1. The molecular formula is C24H32N2O3. The number of benzene rings is 1. The van der Waals surface area contributed by atoms with Gasteiger partial charge in [-0.1, -0.05) is 38.3 Å². The molecule has 3 rings (SSSR count). The number of unbranched alkanes of at least 4 members (excludes halogenated alkanes) is 3. The van der Waals surface area contributed by atoms with Gasteiger partial charge >= 0.3 is 5.97 Å². The standard InChI is InChI=1S/C24H32N2O3/c1-5-6-7-8-13-29-24(28)23-16(2)22-20(25-23)14-18(15-21(22)27)17-9-11-19(12-10-17)26(3)4/h9-12,18,25H,5-8,13-15H2,1-4H3. The van der Waals surface area contributed by atoms with E-state index in [2.05, 4.69) is 41.1 Å². The molecule has 1 aliphatic carbocycles. The van der Waals surface area contributed by atoms with Crippen LogP contribution in [0.25, 0.3) is 0 Å². The van der Waals surface area contributed by atoms with Gasteiger partial charge in [0.05, 0.1) is 6.61 Å². The number of hydrogen-bond donors (Lipinski definition) is 1. The third-order valence-corrected chi connectivity index (χ3v) is 5.80. The monoisotopic (exact) mass is 396 g/mol. The minimum Gasteiger partial charge on any atom is -0.461 e. The van der Waals surface area contributed by atoms with Crippen LogP contribution in [-0.2, 0) is 11.2 Å². The minimum atomic E-state index is -0.354. The Balaban J connectivity index is 1.72. The van der Waals surface area contributed by atoms with E-state index in [4.69, 9.17) is 4.74 Å². The Labute approximate surface area is 173 Å². The van der Waals surface area contributed by atoms with Gasteiger partial charge < -0.3 is 14.6 Å². The van der Waals surface area contributed by atoms with Crippen LogP contribution in [0.3, 0.4) is 0 Å². The van der Waals surface area contributed by atoms with E-state index in [0.717, 1.165) is 54.6 Å². The minimum absolute atomic E-state index is 0.101. The van der Waals surface area contributed by atoms with Crippen LogP contribution in [-0.4, -0.2) is 37.4 Å². The third-order valence-electron chi connectivity index (χ3n) is 5.80. The van der Waals surface area contributed by atoms with E-state index in [1.165, 1.54) is 0 Å². The molecule has 1 N–H and O–H groups in total. The molecule has 1 atom stereocenters. The Hall–Kier alpha value is -2.56. The number of aromatic amines is 1. The van der Waals surface area contributed by atoms with Crippen LogP contribution in [0, 0.1) is 6.92 Å². The number of fused-ring (bicyclic) bond motifs is 1. The Kier molecular flexibility index (Phi) is 6.78. The highest BCUT2D eigenvalue weighted by atomic mass is 16.5. The molecule has 1 heterocycles. The fourth-order valence-electron chi connectivity index (χ4n) is 4.08. The smallest absolute Gasteiger partial charge is 0.355 e. The Bertz CT molecular complexity index is 865. The van der Waals surface area contributed by atoms with Gasteiger partial charge in [-0.2, -0.15) is 0 Å². The van der Waals surface area contributed by atoms with Crippen molar-refractivity contribution in [2.45, 2.75) is 58.3 Å². The number of rotatable bonds is 8. The predicted molar refractivity (Wildman–Crippen MR) is 116 cm³/mol. The van der Waals surface area contributed by atoms with Gasteiger partial charge in [0.2, 0.25) is 0 Å². The maximum Gasteiger partial charge on any atom is 0.355 e. The van der Waals surface area contributed by atoms with Gasteiger partial charge in [0, 0.05) is 37.5 Å². The number of ether oxygens (including phenoxy) is 1. The summed E-state index contributed by atoms with van der Waals surface area (Å²) in [4.78, 5) is 30.6. The van der Waals surface area contributed by atoms with Crippen molar-refractivity contribution >= 4 is 17.4 Å². The van der Waals surface area contributed by atoms with Crippen molar-refractivity contribution < 1.29 is 14.3 Å². The van der Waals surface area contributed by atoms with Crippen molar-refractivity contribution in [2.75, 3.05) is 25.6 Å². The number of carbonyl (C=O) groups excluding carboxylic acids is 2. The zero-order valence-electron chi connectivity index (χ0n) is 18.0. The lowest BCUT2D eigenvalue weighted by atomic mass is 9.81. The first-order valence-electron chi connectivity index (χ1n) is 10.6. The summed E-state index contributed by atoms with van der Waals surface area (Å²) in [5, 5.41) is 0. The van der Waals surface area contributed by atoms with E-state index in [-0.39, 0.29) is 17.7 Å². The maximum atomic E-state index is 12.9. The first-order chi connectivity index (χ1) is 13.9. The van der Waals surface area contributed by atoms with Gasteiger partial charge in [0.1, 0.15) is 5.69 Å². The Morgan fingerprint density at radius 2 is 1.86 bits per heavy atom. The fourth-order valence-corrected chi connectivity index (χ4v) is 4.08. The summed E-state index contributed by atoms with van der Waals surface area (Å²) in [6.45, 7) is 4.42. The molecular weight excluding hydrogens is 364 g/mol. The number of hydrogen-bond acceptors (Lipinski definition) is 4. The molecule has 29 heavy (non-hydrogen) atoms. The van der Waals surface area contributed by atoms with E-state index >= 15 is 0 Å². The molecule has 0 saturated carbocycles. The number of nitrogens with zero attached hydrogens (tertiary/aromatic N) is 1. The second-order valence-electron chi connectivity index (χ2n) is 8.19. The van der Waals surface area contributed by atoms with Crippen molar-refractivity contribution in [1.29, 1.82) is 0 Å². The molecule has 2 aromatic rings. The second kappa shape index (κ2) is 9.29. The zero-order valence-corrected chi connectivity index (χ0v) is 18.0. The van der Waals surface area contributed by atoms with E-state index < -0.39 is 0 Å². The lowest BCUT2D eigenvalue weighted by Crippen LogP contribution is -2.18. The summed E-state index contributed by atoms with van der Waals surface area (Å²) in [6, 6.07) is 8.35. The van der Waals surface area contributed by atoms with Crippen LogP contribution >= 0.6 is 0 Å². The number of esters is 1. The number of carbonyl (C=O) groups is 2. The van der Waals surface area contributed by atoms with E-state index in [0.29, 0.717) is 24.3 Å². The summed E-state index contributed by atoms with van der Waals surface area (Å²) in [7, 11) is 4.02. The lowest BCUT2D eigenvalue weighted by molar-refractivity contribution is 0.0490. The maximum absolute atomic E-state index is 12.9. The molecule has 0 radical (unpaired) electrons. The average molecular weight is 397 g/mol. The predicted octanol–water partition coefficient (Wildman–Crippen LogP) is 5.04. The summed E-state index contributed by atoms with van der Waals surface area (Å²) in [5.74, 6) is -0.126. The molecule has 0 aliphatic heterocycles. The number of nitrogens with one attached hydrogen (secondary N) is 1. The summed E-state index contributed by atoms with van der Waals surface area (Å²) >= 11 is 0. The van der Waals surface area contributed by atoms with Gasteiger partial charge in [-0.15, -0.1) is 0 Å². The number of Topliss-reactive ketones (excluding diaryl/α,β-unsaturated/α-hetero) is 1. The van der Waals surface area contributed by atoms with Gasteiger partial charge in [-0.05, 0) is 48.9 Å². The Morgan fingerprint density at radius 1 is 1.14 bits per heavy atom. The van der Waals surface area contributed by atoms with Crippen LogP contribution in [0.1, 0.15) is 82.6 Å². The SMILES string of the molecule is CCCCCCOC(=O)c1[nH]c2c(c1C)C(=O)CC(c1ccc(N(C)C)cc1)C2. The zero-order chi connectivity index (χ0) is 21.0. The molecule has 1 aromatic carbocycles. The highest BCUT2D eigenvalue weighted by molar-refractivity contribution is 6.03. The van der Waals surface area contributed by atoms with Crippen LogP contribution in [0.5, 0.6) is 0 Å². The molecule has 0 bridgehead atoms. The van der Waals surface area contributed by atoms with Gasteiger partial charge in [0.25, 0.3) is 0 Å². The molecule has 5 heteroatoms. The molecule has 1 aliphatic rings. The first kappa shape index (κ1) is 21.2. The van der Waals surface area contributed by atoms with Crippen molar-refractivity contribution in [1.82, 2.24) is 4.98 Å². The number of aromatic nitrogens is 1. The number of H-pyrrole nitrogens is 1. The molecule has 0 saturated heterocycles. The van der Waals surface area contributed by atoms with E-state index in [1.54, 1.807) is 0 Å². The van der Waals surface area contributed by atoms with Gasteiger partial charge in [-0.3, -0.25) is 4.79 Å². The third kappa shape index (κ3) is 4.72. The van der Waals surface area contributed by atoms with Crippen molar-refractivity contribution in [2.24, 2.45) is 0 Å². The molecule has 1 unspecified atom stereocenters. The van der Waals surface area contributed by atoms with E-state index in [9.17, 15) is 9.59 Å². The highest BCUT2D eigenvalue weighted by Crippen LogP contribution is 2.35. The summed E-state index contributed by atoms with van der Waals surface area (Å²) in [6.07, 6.45) is 5.45. The first-order valence-corrected chi connectivity index (χ1v) is 10.6. The topological polar surface area (TPSA) is 62.4 Å². The van der Waals surface area contributed by atoms with Crippen LogP contribution in [0.4, 0.5) is 5.69 Å². The van der Waals surface area contributed by atoms with Crippen LogP contribution in [0.15, 0.2) is 24.3 Å². The summed E-state index contributed by atoms with van der Waals surface area (Å²) < 4.78 is 5.43. The van der Waals surface area contributed by atoms with Gasteiger partial charge in [-0.25, -0.2) is 4.79 Å². The molecule has 5 nitrogen and oxygen atoms in total. The molecule has 0 spiro atoms.